The second-order valence-electron chi connectivity index (χ2n) is 29.0. The van der Waals surface area contributed by atoms with Gasteiger partial charge in [0.25, 0.3) is 0 Å². The van der Waals surface area contributed by atoms with E-state index in [-0.39, 0.29) is 0 Å². The number of aromatic nitrogens is 12. The molecule has 9 aromatic heterocycles. The number of aromatic amines is 6. The number of methoxy groups -OCH3 is 4. The first-order valence-electron chi connectivity index (χ1n) is 38.3. The second-order valence-corrected chi connectivity index (χ2v) is 29.0. The zero-order chi connectivity index (χ0) is 77.5. The monoisotopic (exact) mass is 1500 g/mol. The van der Waals surface area contributed by atoms with Crippen molar-refractivity contribution in [2.45, 2.75) is 0 Å². The average Bonchev–Trinajstić information content (AvgIpc) is 1.62. The van der Waals surface area contributed by atoms with Gasteiger partial charge in [-0.1, -0.05) is 97.1 Å². The Morgan fingerprint density at radius 1 is 0.172 bits per heavy atom. The molecular formula is C100H70N12O4. The summed E-state index contributed by atoms with van der Waals surface area (Å²) >= 11 is 0. The predicted molar refractivity (Wildman–Crippen MR) is 473 cm³/mol. The molecule has 15 aromatic rings. The first-order valence-corrected chi connectivity index (χ1v) is 38.3. The summed E-state index contributed by atoms with van der Waals surface area (Å²) in [5, 5.41) is 0. The highest BCUT2D eigenvalue weighted by atomic mass is 16.5. The molecule has 16 heteroatoms. The van der Waals surface area contributed by atoms with Crippen LogP contribution in [0.2, 0.25) is 0 Å². The van der Waals surface area contributed by atoms with Crippen molar-refractivity contribution in [1.82, 2.24) is 59.8 Å². The molecule has 6 N–H and O–H groups in total. The molecule has 24 bridgehead atoms. The molecular weight excluding hydrogens is 1430 g/mol. The Morgan fingerprint density at radius 3 is 0.534 bits per heavy atom. The summed E-state index contributed by atoms with van der Waals surface area (Å²) in [6.45, 7) is 0. The Labute approximate surface area is 665 Å². The quantitative estimate of drug-likeness (QED) is 0.0682. The summed E-state index contributed by atoms with van der Waals surface area (Å²) in [6.07, 6.45) is 25.1. The van der Waals surface area contributed by atoms with Gasteiger partial charge in [-0.3, -0.25) is 0 Å². The van der Waals surface area contributed by atoms with Crippen molar-refractivity contribution in [1.29, 1.82) is 0 Å². The molecule has 0 unspecified atom stereocenters. The molecule has 0 amide bonds. The lowest BCUT2D eigenvalue weighted by atomic mass is 9.98. The molecule has 6 aromatic carbocycles. The van der Waals surface area contributed by atoms with Crippen LogP contribution in [0, 0.1) is 0 Å². The average molecular weight is 1500 g/mol. The van der Waals surface area contributed by atoms with Crippen molar-refractivity contribution >= 4 is 139 Å². The third-order valence-corrected chi connectivity index (χ3v) is 22.0. The van der Waals surface area contributed by atoms with E-state index in [2.05, 4.69) is 297 Å². The van der Waals surface area contributed by atoms with E-state index in [0.717, 1.165) is 247 Å². The molecule has 21 rings (SSSR count). The van der Waals surface area contributed by atoms with Crippen LogP contribution in [0.5, 0.6) is 23.0 Å². The Morgan fingerprint density at radius 2 is 0.336 bits per heavy atom. The minimum Gasteiger partial charge on any atom is -0.497 e. The standard InChI is InChI=1S/C100H70N12O4/c1-113-73-29-13-61(14-30-73)95-81-41-25-69(105-81)55-70-26-42-82(106-70)96(62-15-31-74(114-2)32-16-62)86-46-50-90(110-86)99(89-49-45-85(95)109-89)59-9-5-57(6-10-59)93-77-37-21-65(101-77)53-67-23-39-79(103-67)94(80-40-24-68(104-80)54-66-22-38-78(93)102-66)58-7-11-60(12-8-58)100-91-51-47-87(111-91)97(63-17-33-75(115-3)34-18-63)83-43-27-71(107-83)56-72-28-44-84(108-72)98(88-48-52-92(100)112-88)64-19-35-76(116-4)36-20-64/h5-56,101,104-105,107,110,112H,1-4H3. The number of H-pyrrole nitrogens is 6. The summed E-state index contributed by atoms with van der Waals surface area (Å²) in [7, 11) is 6.74. The third kappa shape index (κ3) is 12.6. The maximum Gasteiger partial charge on any atom is 0.118 e. The lowest BCUT2D eigenvalue weighted by molar-refractivity contribution is 0.415. The lowest BCUT2D eigenvalue weighted by Crippen LogP contribution is -1.90. The normalized spacial score (nSPS) is 12.4. The highest BCUT2D eigenvalue weighted by molar-refractivity contribution is 6.03. The molecule has 554 valence electrons. The van der Waals surface area contributed by atoms with E-state index in [4.69, 9.17) is 48.9 Å². The van der Waals surface area contributed by atoms with E-state index in [9.17, 15) is 0 Å². The molecule has 0 saturated heterocycles. The SMILES string of the molecule is COc1ccc(-c2c3nc(c(-c4ccc(-c5c6nc(cc7ccc([nH]7)c(-c7ccc(-c8c9nc(c(-c%10ccc(OC)cc%10)c%10ccc(cc%11nc(c(-c%12ccc(OC)cc%12)c%12ccc8[nH]%12)C=C%11)[nH]%10)C=C9)cc7)c7nc(cc8ccc5[nH]8)C=C7)C=C6)cc4)c4ccc([nH]4)c(-c4ccc(OC)cc4)c4nc(cc5ccc2[nH]5)C=C4)C=C3)cc1. The van der Waals surface area contributed by atoms with E-state index in [1.807, 2.05) is 48.5 Å². The minimum atomic E-state index is 0.768. The zero-order valence-electron chi connectivity index (χ0n) is 63.3. The van der Waals surface area contributed by atoms with Crippen LogP contribution in [0.3, 0.4) is 0 Å². The summed E-state index contributed by atoms with van der Waals surface area (Å²) < 4.78 is 22.5. The molecule has 6 aliphatic heterocycles. The molecule has 0 saturated carbocycles. The number of nitrogens with one attached hydrogen (secondary N) is 6. The molecule has 0 aliphatic carbocycles. The molecule has 0 atom stereocenters. The molecule has 116 heavy (non-hydrogen) atoms. The fourth-order valence-corrected chi connectivity index (χ4v) is 16.4. The highest BCUT2D eigenvalue weighted by Gasteiger charge is 2.23. The molecule has 0 fully saturated rings. The Balaban J connectivity index is 0.690. The maximum atomic E-state index is 5.63. The van der Waals surface area contributed by atoms with Gasteiger partial charge in [0.05, 0.1) is 96.8 Å². The van der Waals surface area contributed by atoms with Crippen LogP contribution in [0.25, 0.3) is 228 Å². The minimum absolute atomic E-state index is 0.768. The van der Waals surface area contributed by atoms with Crippen LogP contribution in [-0.2, 0) is 0 Å². The first kappa shape index (κ1) is 68.4. The summed E-state index contributed by atoms with van der Waals surface area (Å²) in [6, 6.07) is 83.8. The highest BCUT2D eigenvalue weighted by Crippen LogP contribution is 2.43. The number of benzene rings is 6. The van der Waals surface area contributed by atoms with Crippen molar-refractivity contribution in [2.75, 3.05) is 28.4 Å². The van der Waals surface area contributed by atoms with E-state index in [1.165, 1.54) is 0 Å². The van der Waals surface area contributed by atoms with Gasteiger partial charge in [0.15, 0.2) is 0 Å². The molecule has 16 nitrogen and oxygen atoms in total. The predicted octanol–water partition coefficient (Wildman–Crippen LogP) is 24.0. The Hall–Kier alpha value is -15.7. The largest absolute Gasteiger partial charge is 0.497 e. The number of ether oxygens (including phenoxy) is 4. The summed E-state index contributed by atoms with van der Waals surface area (Å²) in [4.78, 5) is 55.2. The summed E-state index contributed by atoms with van der Waals surface area (Å²) in [5.41, 5.74) is 35.8. The Bertz CT molecular complexity index is 6800. The van der Waals surface area contributed by atoms with Gasteiger partial charge < -0.3 is 48.9 Å². The number of fused-ring (bicyclic) bond motifs is 24. The van der Waals surface area contributed by atoms with E-state index >= 15 is 0 Å². The van der Waals surface area contributed by atoms with Gasteiger partial charge in [-0.15, -0.1) is 0 Å². The third-order valence-electron chi connectivity index (χ3n) is 22.0. The van der Waals surface area contributed by atoms with Crippen LogP contribution in [0.1, 0.15) is 68.3 Å². The van der Waals surface area contributed by atoms with Gasteiger partial charge in [-0.25, -0.2) is 29.9 Å². The first-order chi connectivity index (χ1) is 57.1. The van der Waals surface area contributed by atoms with Gasteiger partial charge in [0.2, 0.25) is 0 Å². The van der Waals surface area contributed by atoms with Crippen molar-refractivity contribution in [3.05, 3.63) is 311 Å². The molecule has 6 aliphatic rings. The summed E-state index contributed by atoms with van der Waals surface area (Å²) in [5.74, 6) is 3.07. The fourth-order valence-electron chi connectivity index (χ4n) is 16.4. The topological polar surface area (TPSA) is 209 Å². The Kier molecular flexibility index (Phi) is 16.7. The number of nitrogens with zero attached hydrogens (tertiary/aromatic N) is 6. The zero-order valence-corrected chi connectivity index (χ0v) is 63.3. The maximum absolute atomic E-state index is 5.63. The van der Waals surface area contributed by atoms with Gasteiger partial charge in [-0.2, -0.15) is 0 Å². The molecule has 0 spiro atoms. The number of hydrogen-bond donors (Lipinski definition) is 6. The van der Waals surface area contributed by atoms with Crippen molar-refractivity contribution in [3.8, 4) is 112 Å². The van der Waals surface area contributed by atoms with Gasteiger partial charge in [0, 0.05) is 111 Å². The lowest BCUT2D eigenvalue weighted by Gasteiger charge is -2.09. The van der Waals surface area contributed by atoms with Gasteiger partial charge in [0.1, 0.15) is 23.0 Å². The van der Waals surface area contributed by atoms with Gasteiger partial charge in [-0.05, 0) is 263 Å². The second kappa shape index (κ2) is 28.3. The fraction of sp³-hybridized carbons (Fsp3) is 0.0400. The van der Waals surface area contributed by atoms with Crippen LogP contribution < -0.4 is 18.9 Å². The number of rotatable bonds is 12. The van der Waals surface area contributed by atoms with Crippen molar-refractivity contribution in [2.24, 2.45) is 0 Å². The number of hydrogen-bond acceptors (Lipinski definition) is 10. The van der Waals surface area contributed by atoms with Crippen LogP contribution in [-0.4, -0.2) is 88.2 Å². The van der Waals surface area contributed by atoms with Crippen LogP contribution in [0.4, 0.5) is 0 Å². The van der Waals surface area contributed by atoms with Crippen molar-refractivity contribution in [3.63, 3.8) is 0 Å². The molecule has 15 heterocycles. The van der Waals surface area contributed by atoms with E-state index in [0.29, 0.717) is 0 Å². The van der Waals surface area contributed by atoms with E-state index in [1.54, 1.807) is 28.4 Å². The van der Waals surface area contributed by atoms with Gasteiger partial charge >= 0.3 is 0 Å². The smallest absolute Gasteiger partial charge is 0.118 e. The molecule has 0 radical (unpaired) electrons. The van der Waals surface area contributed by atoms with Crippen molar-refractivity contribution < 1.29 is 18.9 Å². The van der Waals surface area contributed by atoms with Crippen LogP contribution >= 0.6 is 0 Å². The van der Waals surface area contributed by atoms with E-state index < -0.39 is 0 Å². The van der Waals surface area contributed by atoms with Crippen LogP contribution in [0.15, 0.2) is 243 Å².